The summed E-state index contributed by atoms with van der Waals surface area (Å²) in [5.74, 6) is 0. The third-order valence-corrected chi connectivity index (χ3v) is 5.36. The molecule has 0 aromatic heterocycles. The van der Waals surface area contributed by atoms with E-state index in [1.807, 2.05) is 37.2 Å². The molecule has 1 atom stereocenters. The van der Waals surface area contributed by atoms with E-state index in [1.165, 1.54) is 0 Å². The summed E-state index contributed by atoms with van der Waals surface area (Å²) in [4.78, 5) is 2.06. The van der Waals surface area contributed by atoms with Crippen molar-refractivity contribution in [3.8, 4) is 0 Å². The largest absolute Gasteiger partial charge is 0.394 e. The average molecular weight is 334 g/mol. The summed E-state index contributed by atoms with van der Waals surface area (Å²) in [5, 5.41) is 9.73. The SMILES string of the molecule is CN(C)c1ccc(S(=O)(=O)N[C@@](C)(CO)c2ccccc2)cc1. The molecule has 0 saturated heterocycles. The molecule has 0 saturated carbocycles. The van der Waals surface area contributed by atoms with Crippen molar-refractivity contribution in [3.05, 3.63) is 60.2 Å². The Morgan fingerprint density at radius 3 is 2.09 bits per heavy atom. The van der Waals surface area contributed by atoms with Crippen LogP contribution in [0.1, 0.15) is 12.5 Å². The number of anilines is 1. The summed E-state index contributed by atoms with van der Waals surface area (Å²) < 4.78 is 27.9. The van der Waals surface area contributed by atoms with Crippen molar-refractivity contribution < 1.29 is 13.5 Å². The van der Waals surface area contributed by atoms with Gasteiger partial charge >= 0.3 is 0 Å². The van der Waals surface area contributed by atoms with Crippen molar-refractivity contribution in [1.29, 1.82) is 0 Å². The number of hydrogen-bond donors (Lipinski definition) is 2. The van der Waals surface area contributed by atoms with Gasteiger partial charge in [-0.2, -0.15) is 4.72 Å². The van der Waals surface area contributed by atoms with Crippen molar-refractivity contribution in [3.63, 3.8) is 0 Å². The lowest BCUT2D eigenvalue weighted by Crippen LogP contribution is -2.46. The van der Waals surface area contributed by atoms with E-state index in [4.69, 9.17) is 0 Å². The van der Waals surface area contributed by atoms with Gasteiger partial charge in [0.15, 0.2) is 0 Å². The second-order valence-corrected chi connectivity index (χ2v) is 7.53. The molecule has 0 aliphatic carbocycles. The summed E-state index contributed by atoms with van der Waals surface area (Å²) in [6.07, 6.45) is 0. The molecule has 2 aromatic carbocycles. The first-order chi connectivity index (χ1) is 10.8. The summed E-state index contributed by atoms with van der Waals surface area (Å²) in [6.45, 7) is 1.32. The maximum Gasteiger partial charge on any atom is 0.241 e. The van der Waals surface area contributed by atoms with Gasteiger partial charge in [-0.15, -0.1) is 0 Å². The topological polar surface area (TPSA) is 69.6 Å². The predicted octanol–water partition coefficient (Wildman–Crippen LogP) is 1.94. The van der Waals surface area contributed by atoms with E-state index in [-0.39, 0.29) is 11.5 Å². The first-order valence-electron chi connectivity index (χ1n) is 7.26. The van der Waals surface area contributed by atoms with E-state index >= 15 is 0 Å². The fourth-order valence-electron chi connectivity index (χ4n) is 2.27. The number of nitrogens with one attached hydrogen (secondary N) is 1. The Morgan fingerprint density at radius 2 is 1.61 bits per heavy atom. The summed E-state index contributed by atoms with van der Waals surface area (Å²) in [7, 11) is 0.0286. The maximum absolute atomic E-state index is 12.6. The molecule has 0 radical (unpaired) electrons. The van der Waals surface area contributed by atoms with Crippen LogP contribution in [0, 0.1) is 0 Å². The van der Waals surface area contributed by atoms with Crippen molar-refractivity contribution in [2.75, 3.05) is 25.6 Å². The number of benzene rings is 2. The molecule has 0 bridgehead atoms. The molecule has 2 N–H and O–H groups in total. The van der Waals surface area contributed by atoms with E-state index in [1.54, 1.807) is 43.3 Å². The Labute approximate surface area is 137 Å². The maximum atomic E-state index is 12.6. The number of sulfonamides is 1. The van der Waals surface area contributed by atoms with Crippen LogP contribution < -0.4 is 9.62 Å². The number of aliphatic hydroxyl groups excluding tert-OH is 1. The van der Waals surface area contributed by atoms with Crippen LogP contribution in [0.5, 0.6) is 0 Å². The van der Waals surface area contributed by atoms with Gasteiger partial charge < -0.3 is 10.0 Å². The highest BCUT2D eigenvalue weighted by Gasteiger charge is 2.31. The lowest BCUT2D eigenvalue weighted by atomic mass is 9.94. The standard InChI is InChI=1S/C17H22N2O3S/c1-17(13-20,14-7-5-4-6-8-14)18-23(21,22)16-11-9-15(10-12-16)19(2)3/h4-12,18,20H,13H2,1-3H3/t17-/m0/s1. The van der Waals surface area contributed by atoms with Gasteiger partial charge in [-0.25, -0.2) is 8.42 Å². The van der Waals surface area contributed by atoms with Crippen molar-refractivity contribution in [2.45, 2.75) is 17.4 Å². The van der Waals surface area contributed by atoms with Gasteiger partial charge in [0.05, 0.1) is 17.0 Å². The molecular weight excluding hydrogens is 312 g/mol. The molecule has 0 aliphatic rings. The zero-order chi connectivity index (χ0) is 17.1. The molecular formula is C17H22N2O3S. The van der Waals surface area contributed by atoms with Crippen molar-refractivity contribution in [2.24, 2.45) is 0 Å². The molecule has 0 amide bonds. The first-order valence-corrected chi connectivity index (χ1v) is 8.74. The van der Waals surface area contributed by atoms with Crippen LogP contribution >= 0.6 is 0 Å². The van der Waals surface area contributed by atoms with Crippen LogP contribution in [0.2, 0.25) is 0 Å². The predicted molar refractivity (Wildman–Crippen MR) is 92.0 cm³/mol. The van der Waals surface area contributed by atoms with Gasteiger partial charge in [-0.3, -0.25) is 0 Å². The minimum Gasteiger partial charge on any atom is -0.394 e. The monoisotopic (exact) mass is 334 g/mol. The van der Waals surface area contributed by atoms with E-state index < -0.39 is 15.6 Å². The van der Waals surface area contributed by atoms with E-state index in [9.17, 15) is 13.5 Å². The Balaban J connectivity index is 2.32. The molecule has 0 fully saturated rings. The molecule has 5 nitrogen and oxygen atoms in total. The number of rotatable bonds is 6. The minimum absolute atomic E-state index is 0.165. The van der Waals surface area contributed by atoms with Crippen LogP contribution in [0.3, 0.4) is 0 Å². The van der Waals surface area contributed by atoms with E-state index in [0.717, 1.165) is 5.69 Å². The quantitative estimate of drug-likeness (QED) is 0.847. The molecule has 2 aromatic rings. The Kier molecular flexibility index (Phi) is 5.09. The second-order valence-electron chi connectivity index (χ2n) is 5.85. The number of aliphatic hydroxyl groups is 1. The highest BCUT2D eigenvalue weighted by atomic mass is 32.2. The van der Waals surface area contributed by atoms with Crippen LogP contribution in [0.15, 0.2) is 59.5 Å². The Bertz CT molecular complexity index is 743. The summed E-state index contributed by atoms with van der Waals surface area (Å²) in [5.41, 5.74) is 0.535. The molecule has 23 heavy (non-hydrogen) atoms. The third kappa shape index (κ3) is 3.90. The normalized spacial score (nSPS) is 14.3. The average Bonchev–Trinajstić information content (AvgIpc) is 2.55. The highest BCUT2D eigenvalue weighted by molar-refractivity contribution is 7.89. The molecule has 6 heteroatoms. The Morgan fingerprint density at radius 1 is 1.04 bits per heavy atom. The smallest absolute Gasteiger partial charge is 0.241 e. The first kappa shape index (κ1) is 17.5. The third-order valence-electron chi connectivity index (χ3n) is 3.75. The fraction of sp³-hybridized carbons (Fsp3) is 0.294. The van der Waals surface area contributed by atoms with Gasteiger partial charge in [0.1, 0.15) is 0 Å². The molecule has 124 valence electrons. The van der Waals surface area contributed by atoms with Gasteiger partial charge in [0, 0.05) is 19.8 Å². The van der Waals surface area contributed by atoms with Crippen molar-refractivity contribution in [1.82, 2.24) is 4.72 Å². The van der Waals surface area contributed by atoms with Crippen LogP contribution in [-0.2, 0) is 15.6 Å². The number of nitrogens with zero attached hydrogens (tertiary/aromatic N) is 1. The zero-order valence-electron chi connectivity index (χ0n) is 13.5. The Hall–Kier alpha value is -1.89. The highest BCUT2D eigenvalue weighted by Crippen LogP contribution is 2.24. The fourth-order valence-corrected chi connectivity index (χ4v) is 3.66. The summed E-state index contributed by atoms with van der Waals surface area (Å²) >= 11 is 0. The molecule has 0 aliphatic heterocycles. The van der Waals surface area contributed by atoms with Gasteiger partial charge in [-0.05, 0) is 36.8 Å². The molecule has 0 heterocycles. The van der Waals surface area contributed by atoms with Crippen LogP contribution in [-0.4, -0.2) is 34.2 Å². The van der Waals surface area contributed by atoms with Crippen LogP contribution in [0.4, 0.5) is 5.69 Å². The van der Waals surface area contributed by atoms with E-state index in [2.05, 4.69) is 4.72 Å². The summed E-state index contributed by atoms with van der Waals surface area (Å²) in [6, 6.07) is 15.6. The van der Waals surface area contributed by atoms with Gasteiger partial charge in [-0.1, -0.05) is 30.3 Å². The van der Waals surface area contributed by atoms with Gasteiger partial charge in [0.25, 0.3) is 0 Å². The van der Waals surface area contributed by atoms with Gasteiger partial charge in [0.2, 0.25) is 10.0 Å². The van der Waals surface area contributed by atoms with Crippen molar-refractivity contribution >= 4 is 15.7 Å². The minimum atomic E-state index is -3.75. The lowest BCUT2D eigenvalue weighted by molar-refractivity contribution is 0.196. The van der Waals surface area contributed by atoms with Crippen LogP contribution in [0.25, 0.3) is 0 Å². The molecule has 2 rings (SSSR count). The van der Waals surface area contributed by atoms with E-state index in [0.29, 0.717) is 5.56 Å². The molecule has 0 spiro atoms. The second kappa shape index (κ2) is 6.70. The lowest BCUT2D eigenvalue weighted by Gasteiger charge is -2.29. The zero-order valence-corrected chi connectivity index (χ0v) is 14.3. The molecule has 0 unspecified atom stereocenters. The number of hydrogen-bond acceptors (Lipinski definition) is 4.